The summed E-state index contributed by atoms with van der Waals surface area (Å²) in [7, 11) is -4.65. The van der Waals surface area contributed by atoms with Gasteiger partial charge in [0.2, 0.25) is 5.95 Å². The van der Waals surface area contributed by atoms with E-state index >= 15 is 0 Å². The molecule has 102 valence electrons. The topological polar surface area (TPSA) is 96.3 Å². The minimum atomic E-state index is -4.65. The fourth-order valence-electron chi connectivity index (χ4n) is 1.32. The number of nitrogens with zero attached hydrogens (tertiary/aromatic N) is 4. The number of halogens is 2. The molecule has 11 heteroatoms. The summed E-state index contributed by atoms with van der Waals surface area (Å²) in [6.45, 7) is 0. The predicted octanol–water partition coefficient (Wildman–Crippen LogP) is 1.47. The molecule has 0 saturated carbocycles. The molecule has 0 aliphatic rings. The van der Waals surface area contributed by atoms with Crippen LogP contribution in [-0.4, -0.2) is 57.5 Å². The van der Waals surface area contributed by atoms with Crippen LogP contribution in [0, 0.1) is 0 Å². The molecular weight excluding hydrogens is 338 g/mol. The van der Waals surface area contributed by atoms with E-state index in [1.807, 2.05) is 0 Å². The molecule has 2 aromatic rings. The molecule has 0 bridgehead atoms. The van der Waals surface area contributed by atoms with Crippen LogP contribution in [0.15, 0.2) is 30.9 Å². The molecule has 1 aromatic carbocycles. The Hall–Kier alpha value is -0.480. The number of hydrogen-bond acceptors (Lipinski definition) is 5. The van der Waals surface area contributed by atoms with Crippen molar-refractivity contribution in [3.63, 3.8) is 0 Å². The summed E-state index contributed by atoms with van der Waals surface area (Å²) in [4.78, 5) is 10.9. The molecule has 2 rings (SSSR count). The van der Waals surface area contributed by atoms with Gasteiger partial charge in [-0.3, -0.25) is 4.55 Å². The van der Waals surface area contributed by atoms with E-state index in [1.54, 1.807) is 0 Å². The number of anilines is 2. The van der Waals surface area contributed by atoms with E-state index in [0.717, 1.165) is 12.7 Å². The van der Waals surface area contributed by atoms with Gasteiger partial charge in [-0.05, 0) is 18.2 Å². The first-order valence-corrected chi connectivity index (χ1v) is 6.89. The molecule has 0 aliphatic heterocycles. The Balaban J connectivity index is 0.00000200. The number of aromatic nitrogens is 3. The van der Waals surface area contributed by atoms with Crippen molar-refractivity contribution in [2.75, 3.05) is 4.31 Å². The predicted molar refractivity (Wildman–Crippen MR) is 77.1 cm³/mol. The number of benzene rings is 1. The van der Waals surface area contributed by atoms with Gasteiger partial charge in [-0.1, -0.05) is 23.2 Å². The Bertz CT molecular complexity index is 702. The fourth-order valence-corrected chi connectivity index (χ4v) is 2.57. The molecule has 0 aliphatic carbocycles. The van der Waals surface area contributed by atoms with Crippen molar-refractivity contribution in [1.29, 1.82) is 0 Å². The summed E-state index contributed by atoms with van der Waals surface area (Å²) in [5.74, 6) is -0.290. The second kappa shape index (κ2) is 6.99. The summed E-state index contributed by atoms with van der Waals surface area (Å²) in [6.07, 6.45) is 2.18. The summed E-state index contributed by atoms with van der Waals surface area (Å²) < 4.78 is 32.7. The van der Waals surface area contributed by atoms with Gasteiger partial charge in [0.25, 0.3) is 0 Å². The molecule has 0 atom stereocenters. The third-order valence-corrected chi connectivity index (χ3v) is 3.38. The Morgan fingerprint density at radius 2 is 1.75 bits per heavy atom. The summed E-state index contributed by atoms with van der Waals surface area (Å²) in [5, 5.41) is 0.338. The van der Waals surface area contributed by atoms with Gasteiger partial charge in [0.1, 0.15) is 12.7 Å². The van der Waals surface area contributed by atoms with E-state index in [4.69, 9.17) is 23.2 Å². The van der Waals surface area contributed by atoms with Gasteiger partial charge in [0, 0.05) is 5.02 Å². The normalized spacial score (nSPS) is 10.8. The van der Waals surface area contributed by atoms with Crippen molar-refractivity contribution >= 4 is 74.7 Å². The van der Waals surface area contributed by atoms with Crippen molar-refractivity contribution in [3.05, 3.63) is 40.9 Å². The van der Waals surface area contributed by atoms with E-state index in [1.165, 1.54) is 18.2 Å². The maximum absolute atomic E-state index is 11.5. The van der Waals surface area contributed by atoms with E-state index in [0.29, 0.717) is 9.33 Å². The molecule has 0 fully saturated rings. The van der Waals surface area contributed by atoms with Gasteiger partial charge in [-0.15, -0.1) is 0 Å². The molecule has 20 heavy (non-hydrogen) atoms. The molecule has 1 N–H and O–H groups in total. The van der Waals surface area contributed by atoms with Gasteiger partial charge in [0.15, 0.2) is 0 Å². The van der Waals surface area contributed by atoms with Crippen LogP contribution >= 0.6 is 23.2 Å². The van der Waals surface area contributed by atoms with Crippen molar-refractivity contribution < 1.29 is 13.0 Å². The molecule has 0 saturated heterocycles. The second-order valence-electron chi connectivity index (χ2n) is 3.28. The average Bonchev–Trinajstić information content (AvgIpc) is 2.32. The Labute approximate surface area is 147 Å². The zero-order valence-electron chi connectivity index (χ0n) is 9.10. The number of hydrogen-bond donors (Lipinski definition) is 1. The monoisotopic (exact) mass is 344 g/mol. The van der Waals surface area contributed by atoms with Gasteiger partial charge in [-0.25, -0.2) is 4.98 Å². The molecule has 7 nitrogen and oxygen atoms in total. The summed E-state index contributed by atoms with van der Waals surface area (Å²) >= 11 is 11.6. The fraction of sp³-hybridized carbons (Fsp3) is 0. The molecule has 0 radical (unpaired) electrons. The molecular formula is C9H7Cl2N4NaO3S. The van der Waals surface area contributed by atoms with Crippen LogP contribution in [0.4, 0.5) is 11.6 Å². The Kier molecular flexibility index (Phi) is 6.14. The first-order valence-electron chi connectivity index (χ1n) is 4.74. The average molecular weight is 345 g/mol. The zero-order chi connectivity index (χ0) is 14.0. The van der Waals surface area contributed by atoms with Gasteiger partial charge < -0.3 is 0 Å². The van der Waals surface area contributed by atoms with Crippen LogP contribution < -0.4 is 4.31 Å². The second-order valence-corrected chi connectivity index (χ2v) is 5.38. The van der Waals surface area contributed by atoms with E-state index < -0.39 is 10.3 Å². The van der Waals surface area contributed by atoms with Crippen molar-refractivity contribution in [2.45, 2.75) is 0 Å². The maximum atomic E-state index is 11.5. The first kappa shape index (κ1) is 17.6. The van der Waals surface area contributed by atoms with Crippen LogP contribution in [0.25, 0.3) is 0 Å². The van der Waals surface area contributed by atoms with Gasteiger partial charge in [0.05, 0.1) is 10.7 Å². The number of rotatable bonds is 3. The molecule has 1 heterocycles. The molecule has 0 amide bonds. The third kappa shape index (κ3) is 4.01. The van der Waals surface area contributed by atoms with E-state index in [-0.39, 0.29) is 46.2 Å². The van der Waals surface area contributed by atoms with Gasteiger partial charge >= 0.3 is 39.9 Å². The van der Waals surface area contributed by atoms with Crippen LogP contribution in [0.2, 0.25) is 10.0 Å². The van der Waals surface area contributed by atoms with Gasteiger partial charge in [-0.2, -0.15) is 22.7 Å². The standard InChI is InChI=1S/C9H6Cl2N4O3S.Na.H/c10-6-1-2-8(7(11)3-6)15(19(16,17)18)9-13-4-12-5-14-9;;/h1-5H,(H,16,17,18);;. The Morgan fingerprint density at radius 1 is 1.15 bits per heavy atom. The van der Waals surface area contributed by atoms with E-state index in [2.05, 4.69) is 15.0 Å². The van der Waals surface area contributed by atoms with Crippen molar-refractivity contribution in [3.8, 4) is 0 Å². The van der Waals surface area contributed by atoms with Crippen LogP contribution in [0.1, 0.15) is 0 Å². The Morgan fingerprint density at radius 3 is 2.25 bits per heavy atom. The molecule has 0 spiro atoms. The first-order chi connectivity index (χ1) is 8.89. The van der Waals surface area contributed by atoms with Crippen molar-refractivity contribution in [1.82, 2.24) is 15.0 Å². The van der Waals surface area contributed by atoms with Crippen molar-refractivity contribution in [2.24, 2.45) is 0 Å². The van der Waals surface area contributed by atoms with Crippen LogP contribution in [0.3, 0.4) is 0 Å². The summed E-state index contributed by atoms with van der Waals surface area (Å²) in [5.41, 5.74) is -0.0280. The molecule has 0 unspecified atom stereocenters. The van der Waals surface area contributed by atoms with Crippen LogP contribution in [0.5, 0.6) is 0 Å². The quantitative estimate of drug-likeness (QED) is 0.669. The van der Waals surface area contributed by atoms with Crippen LogP contribution in [-0.2, 0) is 10.3 Å². The zero-order valence-corrected chi connectivity index (χ0v) is 11.4. The van der Waals surface area contributed by atoms with E-state index in [9.17, 15) is 13.0 Å². The minimum absolute atomic E-state index is 0. The third-order valence-electron chi connectivity index (χ3n) is 2.02. The molecule has 1 aromatic heterocycles. The SMILES string of the molecule is O=S(=O)(O)N(c1ncncn1)c1ccc(Cl)cc1Cl.[NaH]. The summed E-state index contributed by atoms with van der Waals surface area (Å²) in [6, 6.07) is 4.07.